The number of pyridine rings is 1. The van der Waals surface area contributed by atoms with E-state index in [1.54, 1.807) is 30.6 Å². The first-order valence-electron chi connectivity index (χ1n) is 6.73. The van der Waals surface area contributed by atoms with E-state index in [-0.39, 0.29) is 11.6 Å². The Bertz CT molecular complexity index is 821. The van der Waals surface area contributed by atoms with Crippen molar-refractivity contribution in [2.45, 2.75) is 19.9 Å². The van der Waals surface area contributed by atoms with Crippen LogP contribution in [0.15, 0.2) is 42.7 Å². The number of aromatic nitrogens is 3. The third-order valence-corrected chi connectivity index (χ3v) is 3.38. The second-order valence-electron chi connectivity index (χ2n) is 5.15. The summed E-state index contributed by atoms with van der Waals surface area (Å²) in [6.45, 7) is 4.15. The number of fused-ring (bicyclic) bond motifs is 1. The molecule has 0 amide bonds. The van der Waals surface area contributed by atoms with Crippen LogP contribution in [0.4, 0.5) is 0 Å². The minimum absolute atomic E-state index is 0.209. The number of imidazole rings is 1. The molecule has 2 aromatic heterocycles. The van der Waals surface area contributed by atoms with Crippen molar-refractivity contribution in [3.05, 3.63) is 48.3 Å². The predicted octanol–water partition coefficient (Wildman–Crippen LogP) is 3.38. The number of carboxylic acid groups (broad SMARTS) is 1. The van der Waals surface area contributed by atoms with Gasteiger partial charge in [-0.3, -0.25) is 4.98 Å². The topological polar surface area (TPSA) is 68.0 Å². The van der Waals surface area contributed by atoms with Gasteiger partial charge in [0, 0.05) is 17.8 Å². The summed E-state index contributed by atoms with van der Waals surface area (Å²) in [6.07, 6.45) is 3.46. The highest BCUT2D eigenvalue weighted by Gasteiger charge is 2.15. The van der Waals surface area contributed by atoms with Gasteiger partial charge in [0.1, 0.15) is 11.3 Å². The molecule has 21 heavy (non-hydrogen) atoms. The van der Waals surface area contributed by atoms with Crippen molar-refractivity contribution in [3.63, 3.8) is 0 Å². The molecular formula is C16H15N3O2. The van der Waals surface area contributed by atoms with Crippen LogP contribution in [0.2, 0.25) is 0 Å². The van der Waals surface area contributed by atoms with Crippen molar-refractivity contribution < 1.29 is 9.90 Å². The van der Waals surface area contributed by atoms with Gasteiger partial charge in [0.15, 0.2) is 0 Å². The SMILES string of the molecule is CC(C)n1c(-c2cccc(C(=O)O)c2)nc2cnccc21. The van der Waals surface area contributed by atoms with Crippen LogP contribution in [0.5, 0.6) is 0 Å². The molecule has 0 aliphatic carbocycles. The smallest absolute Gasteiger partial charge is 0.335 e. The molecule has 5 heteroatoms. The van der Waals surface area contributed by atoms with Crippen molar-refractivity contribution in [1.29, 1.82) is 0 Å². The summed E-state index contributed by atoms with van der Waals surface area (Å²) in [6, 6.07) is 8.97. The molecule has 3 aromatic rings. The van der Waals surface area contributed by atoms with Crippen molar-refractivity contribution in [1.82, 2.24) is 14.5 Å². The molecule has 0 aliphatic heterocycles. The van der Waals surface area contributed by atoms with Gasteiger partial charge in [-0.05, 0) is 32.0 Å². The molecule has 0 unspecified atom stereocenters. The summed E-state index contributed by atoms with van der Waals surface area (Å²) < 4.78 is 2.10. The molecule has 1 N–H and O–H groups in total. The first-order valence-corrected chi connectivity index (χ1v) is 6.73. The summed E-state index contributed by atoms with van der Waals surface area (Å²) >= 11 is 0. The quantitative estimate of drug-likeness (QED) is 0.799. The maximum atomic E-state index is 11.1. The molecule has 1 aromatic carbocycles. The van der Waals surface area contributed by atoms with Gasteiger partial charge in [0.05, 0.1) is 17.3 Å². The lowest BCUT2D eigenvalue weighted by atomic mass is 10.1. The van der Waals surface area contributed by atoms with Crippen LogP contribution in [0.3, 0.4) is 0 Å². The number of hydrogen-bond donors (Lipinski definition) is 1. The molecule has 0 saturated carbocycles. The fourth-order valence-corrected chi connectivity index (χ4v) is 2.47. The second kappa shape index (κ2) is 5.01. The second-order valence-corrected chi connectivity index (χ2v) is 5.15. The average molecular weight is 281 g/mol. The normalized spacial score (nSPS) is 11.2. The van der Waals surface area contributed by atoms with E-state index in [0.717, 1.165) is 22.4 Å². The number of aromatic carboxylic acids is 1. The molecular weight excluding hydrogens is 266 g/mol. The molecule has 0 fully saturated rings. The van der Waals surface area contributed by atoms with E-state index in [9.17, 15) is 4.79 Å². The summed E-state index contributed by atoms with van der Waals surface area (Å²) in [5.74, 6) is -0.179. The van der Waals surface area contributed by atoms with Crippen LogP contribution in [0, 0.1) is 0 Å². The highest BCUT2D eigenvalue weighted by Crippen LogP contribution is 2.28. The van der Waals surface area contributed by atoms with Gasteiger partial charge in [0.25, 0.3) is 0 Å². The van der Waals surface area contributed by atoms with Gasteiger partial charge in [-0.1, -0.05) is 12.1 Å². The molecule has 3 rings (SSSR count). The fraction of sp³-hybridized carbons (Fsp3) is 0.188. The van der Waals surface area contributed by atoms with Crippen molar-refractivity contribution in [2.24, 2.45) is 0 Å². The lowest BCUT2D eigenvalue weighted by Crippen LogP contribution is -2.04. The fourth-order valence-electron chi connectivity index (χ4n) is 2.47. The van der Waals surface area contributed by atoms with Gasteiger partial charge in [-0.2, -0.15) is 0 Å². The van der Waals surface area contributed by atoms with Crippen molar-refractivity contribution >= 4 is 17.0 Å². The van der Waals surface area contributed by atoms with Crippen LogP contribution >= 0.6 is 0 Å². The molecule has 0 bridgehead atoms. The highest BCUT2D eigenvalue weighted by atomic mass is 16.4. The Morgan fingerprint density at radius 1 is 1.29 bits per heavy atom. The zero-order chi connectivity index (χ0) is 15.0. The Balaban J connectivity index is 2.27. The molecule has 2 heterocycles. The molecule has 5 nitrogen and oxygen atoms in total. The predicted molar refractivity (Wildman–Crippen MR) is 80.3 cm³/mol. The summed E-state index contributed by atoms with van der Waals surface area (Å²) in [7, 11) is 0. The van der Waals surface area contributed by atoms with E-state index in [0.29, 0.717) is 0 Å². The first kappa shape index (κ1) is 13.3. The van der Waals surface area contributed by atoms with E-state index in [4.69, 9.17) is 5.11 Å². The Morgan fingerprint density at radius 2 is 2.10 bits per heavy atom. The van der Waals surface area contributed by atoms with Crippen molar-refractivity contribution in [2.75, 3.05) is 0 Å². The largest absolute Gasteiger partial charge is 0.478 e. The third kappa shape index (κ3) is 2.27. The Hall–Kier alpha value is -2.69. The maximum absolute atomic E-state index is 11.1. The number of hydrogen-bond acceptors (Lipinski definition) is 3. The number of carbonyl (C=O) groups is 1. The van der Waals surface area contributed by atoms with Gasteiger partial charge in [-0.25, -0.2) is 9.78 Å². The van der Waals surface area contributed by atoms with Crippen LogP contribution in [0.25, 0.3) is 22.4 Å². The first-order chi connectivity index (χ1) is 10.1. The third-order valence-electron chi connectivity index (χ3n) is 3.38. The number of benzene rings is 1. The van der Waals surface area contributed by atoms with Crippen LogP contribution in [-0.4, -0.2) is 25.6 Å². The van der Waals surface area contributed by atoms with Crippen molar-refractivity contribution in [3.8, 4) is 11.4 Å². The lowest BCUT2D eigenvalue weighted by Gasteiger charge is -2.13. The Kier molecular flexibility index (Phi) is 3.17. The zero-order valence-corrected chi connectivity index (χ0v) is 11.8. The van der Waals surface area contributed by atoms with Gasteiger partial charge < -0.3 is 9.67 Å². The Labute approximate surface area is 121 Å². The van der Waals surface area contributed by atoms with Crippen LogP contribution in [-0.2, 0) is 0 Å². The number of carboxylic acids is 1. The van der Waals surface area contributed by atoms with E-state index in [1.165, 1.54) is 0 Å². The molecule has 0 spiro atoms. The number of rotatable bonds is 3. The summed E-state index contributed by atoms with van der Waals surface area (Å²) in [5.41, 5.74) is 2.85. The van der Waals surface area contributed by atoms with Gasteiger partial charge in [-0.15, -0.1) is 0 Å². The molecule has 0 saturated heterocycles. The van der Waals surface area contributed by atoms with Gasteiger partial charge in [0.2, 0.25) is 0 Å². The van der Waals surface area contributed by atoms with E-state index in [1.807, 2.05) is 12.1 Å². The van der Waals surface area contributed by atoms with Crippen LogP contribution in [0.1, 0.15) is 30.2 Å². The molecule has 0 radical (unpaired) electrons. The van der Waals surface area contributed by atoms with Crippen LogP contribution < -0.4 is 0 Å². The molecule has 0 aliphatic rings. The average Bonchev–Trinajstić information content (AvgIpc) is 2.87. The lowest BCUT2D eigenvalue weighted by molar-refractivity contribution is 0.0697. The monoisotopic (exact) mass is 281 g/mol. The van der Waals surface area contributed by atoms with Gasteiger partial charge >= 0.3 is 5.97 Å². The summed E-state index contributed by atoms with van der Waals surface area (Å²) in [4.78, 5) is 19.8. The minimum atomic E-state index is -0.939. The highest BCUT2D eigenvalue weighted by molar-refractivity contribution is 5.89. The van der Waals surface area contributed by atoms with E-state index >= 15 is 0 Å². The molecule has 0 atom stereocenters. The molecule has 106 valence electrons. The Morgan fingerprint density at radius 3 is 2.81 bits per heavy atom. The van der Waals surface area contributed by atoms with E-state index in [2.05, 4.69) is 28.4 Å². The summed E-state index contributed by atoms with van der Waals surface area (Å²) in [5, 5.41) is 9.14. The minimum Gasteiger partial charge on any atom is -0.478 e. The number of nitrogens with zero attached hydrogens (tertiary/aromatic N) is 3. The zero-order valence-electron chi connectivity index (χ0n) is 11.8. The van der Waals surface area contributed by atoms with E-state index < -0.39 is 5.97 Å². The maximum Gasteiger partial charge on any atom is 0.335 e. The standard InChI is InChI=1S/C16H15N3O2/c1-10(2)19-14-6-7-17-9-13(14)18-15(19)11-4-3-5-12(8-11)16(20)21/h3-10H,1-2H3,(H,20,21).